The van der Waals surface area contributed by atoms with E-state index < -0.39 is 0 Å². The number of amides is 2. The summed E-state index contributed by atoms with van der Waals surface area (Å²) in [6.07, 6.45) is 2.41. The summed E-state index contributed by atoms with van der Waals surface area (Å²) >= 11 is 6.10. The molecule has 1 aliphatic heterocycles. The first-order valence-electron chi connectivity index (χ1n) is 14.1. The highest BCUT2D eigenvalue weighted by molar-refractivity contribution is 6.31. The zero-order valence-electron chi connectivity index (χ0n) is 25.3. The minimum atomic E-state index is -0.376. The Kier molecular flexibility index (Phi) is 11.5. The van der Waals surface area contributed by atoms with Crippen molar-refractivity contribution in [3.63, 3.8) is 0 Å². The standard InChI is InChI=1S/C31H31ClFN5O3.C2H6O/c1-36(13-12-29(40)35-20-39)30-15-34-31(37(30)2)22-8-9-23-17-38(18-24(23)14-22)16-21-6-10-25(11-7-21)41-19-26-27(32)4-3-5-28(26)33;1-3-2/h3-11,14-15,20H,12-13,16-19H2,1-2H3,(H,35,39,40);1-2H3. The number of anilines is 1. The summed E-state index contributed by atoms with van der Waals surface area (Å²) in [5.41, 5.74) is 5.10. The van der Waals surface area contributed by atoms with Crippen molar-refractivity contribution in [3.8, 4) is 17.1 Å². The van der Waals surface area contributed by atoms with Gasteiger partial charge in [-0.3, -0.25) is 19.8 Å². The maximum Gasteiger partial charge on any atom is 0.228 e. The number of carbonyl (C=O) groups excluding carboxylic acids is 2. The molecule has 9 nitrogen and oxygen atoms in total. The predicted octanol–water partition coefficient (Wildman–Crippen LogP) is 5.34. The first kappa shape index (κ1) is 32.7. The predicted molar refractivity (Wildman–Crippen MR) is 169 cm³/mol. The van der Waals surface area contributed by atoms with Gasteiger partial charge in [0.05, 0.1) is 11.2 Å². The number of imidazole rings is 1. The highest BCUT2D eigenvalue weighted by Crippen LogP contribution is 2.31. The molecule has 0 fully saturated rings. The summed E-state index contributed by atoms with van der Waals surface area (Å²) in [7, 11) is 7.10. The lowest BCUT2D eigenvalue weighted by molar-refractivity contribution is -0.125. The maximum atomic E-state index is 14.0. The van der Waals surface area contributed by atoms with Crippen LogP contribution in [0.1, 0.15) is 28.7 Å². The Morgan fingerprint density at radius 1 is 1.11 bits per heavy atom. The third kappa shape index (κ3) is 8.22. The van der Waals surface area contributed by atoms with Crippen LogP contribution in [-0.2, 0) is 47.6 Å². The molecule has 1 aromatic heterocycles. The molecule has 0 unspecified atom stereocenters. The molecule has 0 bridgehead atoms. The van der Waals surface area contributed by atoms with E-state index in [1.807, 2.05) is 47.8 Å². The number of fused-ring (bicyclic) bond motifs is 1. The molecule has 232 valence electrons. The van der Waals surface area contributed by atoms with E-state index in [2.05, 4.69) is 38.1 Å². The Morgan fingerprint density at radius 2 is 1.84 bits per heavy atom. The van der Waals surface area contributed by atoms with Crippen LogP contribution < -0.4 is 15.0 Å². The fraction of sp³-hybridized carbons (Fsp3) is 0.303. The fourth-order valence-corrected chi connectivity index (χ4v) is 5.25. The molecule has 1 aliphatic rings. The van der Waals surface area contributed by atoms with Crippen LogP contribution >= 0.6 is 11.6 Å². The molecule has 0 radical (unpaired) electrons. The summed E-state index contributed by atoms with van der Waals surface area (Å²) in [5.74, 6) is 1.70. The van der Waals surface area contributed by atoms with E-state index in [0.717, 1.165) is 42.4 Å². The number of ether oxygens (including phenoxy) is 2. The summed E-state index contributed by atoms with van der Waals surface area (Å²) in [6, 6.07) is 18.9. The number of methoxy groups -OCH3 is 1. The number of nitrogens with one attached hydrogen (secondary N) is 1. The molecule has 2 heterocycles. The highest BCUT2D eigenvalue weighted by Gasteiger charge is 2.21. The third-order valence-corrected chi connectivity index (χ3v) is 7.63. The number of aromatic nitrogens is 2. The summed E-state index contributed by atoms with van der Waals surface area (Å²) in [6.45, 7) is 3.01. The van der Waals surface area contributed by atoms with Crippen LogP contribution in [0.25, 0.3) is 11.4 Å². The van der Waals surface area contributed by atoms with Crippen LogP contribution in [0, 0.1) is 5.82 Å². The van der Waals surface area contributed by atoms with Crippen LogP contribution in [0.3, 0.4) is 0 Å². The molecule has 2 amide bonds. The molecule has 44 heavy (non-hydrogen) atoms. The zero-order chi connectivity index (χ0) is 31.6. The molecule has 0 saturated heterocycles. The van der Waals surface area contributed by atoms with Gasteiger partial charge >= 0.3 is 0 Å². The Labute approximate surface area is 262 Å². The smallest absolute Gasteiger partial charge is 0.228 e. The largest absolute Gasteiger partial charge is 0.489 e. The molecule has 5 rings (SSSR count). The van der Waals surface area contributed by atoms with Crippen molar-refractivity contribution in [3.05, 3.63) is 100.0 Å². The SMILES string of the molecule is CN(CCC(=O)NC=O)c1cnc(-c2ccc3c(c2)CN(Cc2ccc(OCc4c(F)cccc4Cl)cc2)C3)n1C.COC. The number of carbonyl (C=O) groups is 2. The van der Waals surface area contributed by atoms with Crippen LogP contribution in [0.2, 0.25) is 5.02 Å². The minimum Gasteiger partial charge on any atom is -0.489 e. The molecular formula is C33H37ClFN5O4. The van der Waals surface area contributed by atoms with Crippen LogP contribution in [0.15, 0.2) is 66.9 Å². The Bertz CT molecular complexity index is 1560. The fourth-order valence-electron chi connectivity index (χ4n) is 5.04. The van der Waals surface area contributed by atoms with Gasteiger partial charge in [-0.25, -0.2) is 9.37 Å². The number of rotatable bonds is 11. The lowest BCUT2D eigenvalue weighted by Gasteiger charge is -2.19. The summed E-state index contributed by atoms with van der Waals surface area (Å²) < 4.78 is 26.0. The Hall–Kier alpha value is -4.25. The Morgan fingerprint density at radius 3 is 2.55 bits per heavy atom. The van der Waals surface area contributed by atoms with Crippen molar-refractivity contribution in [1.82, 2.24) is 19.8 Å². The van der Waals surface area contributed by atoms with Gasteiger partial charge in [-0.05, 0) is 47.0 Å². The van der Waals surface area contributed by atoms with E-state index in [0.29, 0.717) is 29.3 Å². The summed E-state index contributed by atoms with van der Waals surface area (Å²) in [5, 5.41) is 2.52. The normalized spacial score (nSPS) is 12.2. The second-order valence-corrected chi connectivity index (χ2v) is 10.9. The van der Waals surface area contributed by atoms with Crippen LogP contribution in [0.5, 0.6) is 5.75 Å². The Balaban J connectivity index is 0.00000141. The van der Waals surface area contributed by atoms with Gasteiger partial charge in [0.1, 0.15) is 29.8 Å². The van der Waals surface area contributed by atoms with Gasteiger partial charge < -0.3 is 18.9 Å². The van der Waals surface area contributed by atoms with Gasteiger partial charge in [0.25, 0.3) is 0 Å². The van der Waals surface area contributed by atoms with Gasteiger partial charge in [-0.15, -0.1) is 0 Å². The minimum absolute atomic E-state index is 0.0704. The molecule has 11 heteroatoms. The topological polar surface area (TPSA) is 88.9 Å². The molecule has 4 aromatic rings. The third-order valence-electron chi connectivity index (χ3n) is 7.28. The maximum absolute atomic E-state index is 14.0. The first-order valence-corrected chi connectivity index (χ1v) is 14.5. The number of halogens is 2. The summed E-state index contributed by atoms with van der Waals surface area (Å²) in [4.78, 5) is 31.1. The first-order chi connectivity index (χ1) is 21.2. The lowest BCUT2D eigenvalue weighted by atomic mass is 10.1. The van der Waals surface area contributed by atoms with E-state index in [-0.39, 0.29) is 24.8 Å². The van der Waals surface area contributed by atoms with Crippen molar-refractivity contribution in [1.29, 1.82) is 0 Å². The van der Waals surface area contributed by atoms with Crippen LogP contribution in [0.4, 0.5) is 10.2 Å². The van der Waals surface area contributed by atoms with E-state index in [1.54, 1.807) is 32.5 Å². The average molecular weight is 622 g/mol. The molecule has 0 aliphatic carbocycles. The molecule has 0 atom stereocenters. The highest BCUT2D eigenvalue weighted by atomic mass is 35.5. The van der Waals surface area contributed by atoms with Crippen molar-refractivity contribution >= 4 is 29.7 Å². The number of hydrogen-bond donors (Lipinski definition) is 1. The molecular weight excluding hydrogens is 585 g/mol. The van der Waals surface area contributed by atoms with E-state index >= 15 is 0 Å². The number of imide groups is 1. The lowest BCUT2D eigenvalue weighted by Crippen LogP contribution is -2.28. The number of hydrogen-bond acceptors (Lipinski definition) is 7. The van der Waals surface area contributed by atoms with Crippen molar-refractivity contribution in [2.75, 3.05) is 32.7 Å². The van der Waals surface area contributed by atoms with Crippen molar-refractivity contribution in [2.45, 2.75) is 32.7 Å². The number of benzene rings is 3. The van der Waals surface area contributed by atoms with E-state index in [1.165, 1.54) is 17.2 Å². The van der Waals surface area contributed by atoms with Gasteiger partial charge in [-0.1, -0.05) is 41.9 Å². The number of nitrogens with zero attached hydrogens (tertiary/aromatic N) is 4. The zero-order valence-corrected chi connectivity index (χ0v) is 26.1. The average Bonchev–Trinajstić information content (AvgIpc) is 3.59. The molecule has 0 saturated carbocycles. The van der Waals surface area contributed by atoms with Crippen molar-refractivity contribution < 1.29 is 23.5 Å². The monoisotopic (exact) mass is 621 g/mol. The second-order valence-electron chi connectivity index (χ2n) is 10.5. The molecule has 0 spiro atoms. The van der Waals surface area contributed by atoms with Gasteiger partial charge in [0.2, 0.25) is 12.3 Å². The quantitative estimate of drug-likeness (QED) is 0.226. The second kappa shape index (κ2) is 15.5. The van der Waals surface area contributed by atoms with Gasteiger partial charge in [0.15, 0.2) is 0 Å². The van der Waals surface area contributed by atoms with Gasteiger partial charge in [0, 0.05) is 72.0 Å². The van der Waals surface area contributed by atoms with Gasteiger partial charge in [-0.2, -0.15) is 0 Å². The van der Waals surface area contributed by atoms with E-state index in [4.69, 9.17) is 16.3 Å². The van der Waals surface area contributed by atoms with E-state index in [9.17, 15) is 14.0 Å². The molecule has 1 N–H and O–H groups in total. The van der Waals surface area contributed by atoms with Crippen molar-refractivity contribution in [2.24, 2.45) is 7.05 Å². The molecule has 3 aromatic carbocycles. The van der Waals surface area contributed by atoms with Crippen LogP contribution in [-0.4, -0.2) is 54.6 Å².